The Bertz CT molecular complexity index is 875. The minimum atomic E-state index is -0.112. The highest BCUT2D eigenvalue weighted by Gasteiger charge is 2.13. The van der Waals surface area contributed by atoms with E-state index in [4.69, 9.17) is 4.52 Å². The van der Waals surface area contributed by atoms with Crippen molar-refractivity contribution in [3.8, 4) is 17.2 Å². The Morgan fingerprint density at radius 2 is 2.00 bits per heavy atom. The summed E-state index contributed by atoms with van der Waals surface area (Å²) in [5.74, 6) is 0.739. The number of hydrogen-bond donors (Lipinski definition) is 2. The molecule has 0 saturated carbocycles. The van der Waals surface area contributed by atoms with Crippen LogP contribution in [-0.2, 0) is 11.2 Å². The second kappa shape index (κ2) is 6.84. The SMILES string of the molecule is CC(=O)Nc1ccc(Cc2noc(-c3cc(Br)ccc3O)n2)cc1. The van der Waals surface area contributed by atoms with Gasteiger partial charge in [-0.3, -0.25) is 4.79 Å². The smallest absolute Gasteiger partial charge is 0.261 e. The quantitative estimate of drug-likeness (QED) is 0.711. The van der Waals surface area contributed by atoms with Crippen molar-refractivity contribution in [3.05, 3.63) is 58.3 Å². The van der Waals surface area contributed by atoms with Crippen molar-refractivity contribution in [2.24, 2.45) is 0 Å². The van der Waals surface area contributed by atoms with Crippen molar-refractivity contribution in [3.63, 3.8) is 0 Å². The van der Waals surface area contributed by atoms with Crippen LogP contribution in [0, 0.1) is 0 Å². The number of halogens is 1. The van der Waals surface area contributed by atoms with E-state index in [1.807, 2.05) is 24.3 Å². The lowest BCUT2D eigenvalue weighted by Crippen LogP contribution is -2.05. The zero-order valence-corrected chi connectivity index (χ0v) is 14.4. The van der Waals surface area contributed by atoms with Crippen molar-refractivity contribution >= 4 is 27.5 Å². The van der Waals surface area contributed by atoms with Gasteiger partial charge in [0.15, 0.2) is 5.82 Å². The molecule has 0 saturated heterocycles. The second-order valence-electron chi connectivity index (χ2n) is 5.23. The molecule has 2 N–H and O–H groups in total. The fourth-order valence-electron chi connectivity index (χ4n) is 2.21. The summed E-state index contributed by atoms with van der Waals surface area (Å²) in [5.41, 5.74) is 2.19. The van der Waals surface area contributed by atoms with Gasteiger partial charge in [-0.2, -0.15) is 4.98 Å². The number of carbonyl (C=O) groups excluding carboxylic acids is 1. The summed E-state index contributed by atoms with van der Waals surface area (Å²) < 4.78 is 6.05. The van der Waals surface area contributed by atoms with Gasteiger partial charge in [0.2, 0.25) is 5.91 Å². The molecular weight excluding hydrogens is 374 g/mol. The average Bonchev–Trinajstić information content (AvgIpc) is 2.99. The lowest BCUT2D eigenvalue weighted by Gasteiger charge is -2.02. The van der Waals surface area contributed by atoms with Crippen LogP contribution >= 0.6 is 15.9 Å². The third-order valence-corrected chi connectivity index (χ3v) is 3.79. The molecule has 6 nitrogen and oxygen atoms in total. The van der Waals surface area contributed by atoms with Gasteiger partial charge in [-0.05, 0) is 35.9 Å². The van der Waals surface area contributed by atoms with Crippen LogP contribution in [0.15, 0.2) is 51.5 Å². The van der Waals surface area contributed by atoms with Crippen LogP contribution in [0.5, 0.6) is 5.75 Å². The molecule has 0 spiro atoms. The molecule has 1 heterocycles. The monoisotopic (exact) mass is 387 g/mol. The number of hydrogen-bond acceptors (Lipinski definition) is 5. The Hall–Kier alpha value is -2.67. The van der Waals surface area contributed by atoms with Crippen molar-refractivity contribution in [2.75, 3.05) is 5.32 Å². The highest BCUT2D eigenvalue weighted by Crippen LogP contribution is 2.30. The Morgan fingerprint density at radius 3 is 2.71 bits per heavy atom. The molecule has 24 heavy (non-hydrogen) atoms. The molecule has 3 aromatic rings. The van der Waals surface area contributed by atoms with Gasteiger partial charge in [0.25, 0.3) is 5.89 Å². The first-order valence-corrected chi connectivity index (χ1v) is 7.98. The predicted octanol–water partition coefficient (Wildman–Crippen LogP) is 3.75. The van der Waals surface area contributed by atoms with Gasteiger partial charge in [-0.1, -0.05) is 33.2 Å². The summed E-state index contributed by atoms with van der Waals surface area (Å²) in [6, 6.07) is 12.4. The van der Waals surface area contributed by atoms with Crippen LogP contribution in [-0.4, -0.2) is 21.2 Å². The number of phenols is 1. The molecule has 0 bridgehead atoms. The number of nitrogens with zero attached hydrogens (tertiary/aromatic N) is 2. The van der Waals surface area contributed by atoms with Crippen LogP contribution in [0.25, 0.3) is 11.5 Å². The number of nitrogens with one attached hydrogen (secondary N) is 1. The molecule has 0 fully saturated rings. The number of rotatable bonds is 4. The van der Waals surface area contributed by atoms with Gasteiger partial charge >= 0.3 is 0 Å². The molecule has 122 valence electrons. The maximum atomic E-state index is 11.0. The number of amides is 1. The van der Waals surface area contributed by atoms with E-state index < -0.39 is 0 Å². The lowest BCUT2D eigenvalue weighted by molar-refractivity contribution is -0.114. The molecule has 0 aliphatic rings. The largest absolute Gasteiger partial charge is 0.507 e. The summed E-state index contributed by atoms with van der Waals surface area (Å²) in [7, 11) is 0. The van der Waals surface area contributed by atoms with E-state index in [-0.39, 0.29) is 17.5 Å². The Kier molecular flexibility index (Phi) is 4.61. The number of benzene rings is 2. The van der Waals surface area contributed by atoms with Crippen LogP contribution in [0.4, 0.5) is 5.69 Å². The third-order valence-electron chi connectivity index (χ3n) is 3.29. The number of phenolic OH excluding ortho intramolecular Hbond substituents is 1. The highest BCUT2D eigenvalue weighted by atomic mass is 79.9. The number of anilines is 1. The maximum Gasteiger partial charge on any atom is 0.261 e. The third kappa shape index (κ3) is 3.80. The van der Waals surface area contributed by atoms with Crippen LogP contribution < -0.4 is 5.32 Å². The van der Waals surface area contributed by atoms with E-state index in [0.717, 1.165) is 15.7 Å². The van der Waals surface area contributed by atoms with Gasteiger partial charge < -0.3 is 14.9 Å². The normalized spacial score (nSPS) is 10.6. The minimum Gasteiger partial charge on any atom is -0.507 e. The van der Waals surface area contributed by atoms with Gasteiger partial charge in [0.1, 0.15) is 5.75 Å². The standard InChI is InChI=1S/C17H14BrN3O3/c1-10(22)19-13-5-2-11(3-6-13)8-16-20-17(24-21-16)14-9-12(18)4-7-15(14)23/h2-7,9,23H,8H2,1H3,(H,19,22). The molecule has 1 aromatic heterocycles. The first kappa shape index (κ1) is 16.2. The molecule has 2 aromatic carbocycles. The number of carbonyl (C=O) groups is 1. The van der Waals surface area contributed by atoms with Crippen molar-refractivity contribution in [1.29, 1.82) is 0 Å². The fraction of sp³-hybridized carbons (Fsp3) is 0.118. The predicted molar refractivity (Wildman–Crippen MR) is 92.7 cm³/mol. The Labute approximate surface area is 146 Å². The second-order valence-corrected chi connectivity index (χ2v) is 6.15. The maximum absolute atomic E-state index is 11.0. The van der Waals surface area contributed by atoms with Gasteiger partial charge in [-0.15, -0.1) is 0 Å². The molecule has 0 aliphatic carbocycles. The van der Waals surface area contributed by atoms with Gasteiger partial charge in [0, 0.05) is 23.5 Å². The minimum absolute atomic E-state index is 0.0769. The first-order valence-electron chi connectivity index (χ1n) is 7.19. The lowest BCUT2D eigenvalue weighted by atomic mass is 10.1. The first-order chi connectivity index (χ1) is 11.5. The van der Waals surface area contributed by atoms with Crippen molar-refractivity contribution in [1.82, 2.24) is 10.1 Å². The van der Waals surface area contributed by atoms with E-state index in [1.165, 1.54) is 6.92 Å². The summed E-state index contributed by atoms with van der Waals surface area (Å²) in [4.78, 5) is 15.3. The molecule has 1 amide bonds. The van der Waals surface area contributed by atoms with Gasteiger partial charge in [0.05, 0.1) is 5.56 Å². The molecule has 7 heteroatoms. The summed E-state index contributed by atoms with van der Waals surface area (Å²) in [5, 5.41) is 16.6. The molecular formula is C17H14BrN3O3. The van der Waals surface area contributed by atoms with Gasteiger partial charge in [-0.25, -0.2) is 0 Å². The summed E-state index contributed by atoms with van der Waals surface area (Å²) >= 11 is 3.35. The Morgan fingerprint density at radius 1 is 1.25 bits per heavy atom. The molecule has 0 unspecified atom stereocenters. The molecule has 3 rings (SSSR count). The van der Waals surface area contributed by atoms with Crippen LogP contribution in [0.2, 0.25) is 0 Å². The van der Waals surface area contributed by atoms with E-state index in [1.54, 1.807) is 18.2 Å². The van der Waals surface area contributed by atoms with E-state index in [2.05, 4.69) is 31.4 Å². The fourth-order valence-corrected chi connectivity index (χ4v) is 2.57. The molecule has 0 atom stereocenters. The van der Waals surface area contributed by atoms with Crippen molar-refractivity contribution in [2.45, 2.75) is 13.3 Å². The van der Waals surface area contributed by atoms with E-state index >= 15 is 0 Å². The molecule has 0 radical (unpaired) electrons. The van der Waals surface area contributed by atoms with E-state index in [0.29, 0.717) is 17.8 Å². The number of aromatic nitrogens is 2. The Balaban J connectivity index is 1.76. The van der Waals surface area contributed by atoms with Crippen molar-refractivity contribution < 1.29 is 14.4 Å². The topological polar surface area (TPSA) is 88.2 Å². The zero-order valence-electron chi connectivity index (χ0n) is 12.8. The van der Waals surface area contributed by atoms with E-state index in [9.17, 15) is 9.90 Å². The zero-order chi connectivity index (χ0) is 17.1. The van der Waals surface area contributed by atoms with Crippen LogP contribution in [0.1, 0.15) is 18.3 Å². The summed E-state index contributed by atoms with van der Waals surface area (Å²) in [6.07, 6.45) is 0.485. The average molecular weight is 388 g/mol. The van der Waals surface area contributed by atoms with Crippen LogP contribution in [0.3, 0.4) is 0 Å². The summed E-state index contributed by atoms with van der Waals surface area (Å²) in [6.45, 7) is 1.46. The molecule has 0 aliphatic heterocycles. The highest BCUT2D eigenvalue weighted by molar-refractivity contribution is 9.10. The number of aromatic hydroxyl groups is 1.